The number of hydrogen-bond donors (Lipinski definition) is 0. The lowest BCUT2D eigenvalue weighted by Gasteiger charge is -2.37. The maximum absolute atomic E-state index is 13.6. The van der Waals surface area contributed by atoms with E-state index in [0.717, 1.165) is 16.4 Å². The summed E-state index contributed by atoms with van der Waals surface area (Å²) in [4.78, 5) is 54.1. The molecule has 2 saturated carbocycles. The van der Waals surface area contributed by atoms with Crippen LogP contribution in [0.5, 0.6) is 0 Å². The number of ketones is 1. The first-order valence-electron chi connectivity index (χ1n) is 10.7. The average molecular weight is 467 g/mol. The summed E-state index contributed by atoms with van der Waals surface area (Å²) in [7, 11) is 0. The Morgan fingerprint density at radius 1 is 1.00 bits per heavy atom. The third-order valence-corrected chi connectivity index (χ3v) is 8.55. The number of carbonyl (C=O) groups excluding carboxylic acids is 4. The number of nitrogens with zero attached hydrogens (tertiary/aromatic N) is 2. The number of halogens is 1. The van der Waals surface area contributed by atoms with Crippen LogP contribution in [-0.4, -0.2) is 40.1 Å². The van der Waals surface area contributed by atoms with E-state index in [1.807, 2.05) is 0 Å². The molecule has 8 heteroatoms. The highest BCUT2D eigenvalue weighted by atomic mass is 35.5. The van der Waals surface area contributed by atoms with Crippen molar-refractivity contribution in [2.45, 2.75) is 6.42 Å². The van der Waals surface area contributed by atoms with Crippen molar-refractivity contribution in [3.8, 4) is 0 Å². The standard InChI is InChI=1S/C24H19ClN2O4S/c25-17-5-2-1-4-14(17)22(29)26(11-18(28)19-6-3-9-32-19)27-23(30)20-12-7-8-13(16-10-15(12)16)21(20)24(27)31/h1-9,12-13,15-16,20-21H,10-11H2/t12-,13-,15-,16+,20-,21+/m0/s1. The number of hydrogen-bond acceptors (Lipinski definition) is 5. The molecule has 2 bridgehead atoms. The van der Waals surface area contributed by atoms with E-state index in [1.165, 1.54) is 17.4 Å². The van der Waals surface area contributed by atoms with Crippen LogP contribution in [0.25, 0.3) is 0 Å². The van der Waals surface area contributed by atoms with Crippen molar-refractivity contribution in [2.24, 2.45) is 35.5 Å². The minimum absolute atomic E-state index is 0.0294. The van der Waals surface area contributed by atoms with Crippen molar-refractivity contribution in [3.05, 3.63) is 69.4 Å². The maximum atomic E-state index is 13.6. The highest BCUT2D eigenvalue weighted by Crippen LogP contribution is 2.65. The summed E-state index contributed by atoms with van der Waals surface area (Å²) in [5, 5.41) is 3.93. The molecule has 3 fully saturated rings. The van der Waals surface area contributed by atoms with Crippen LogP contribution >= 0.6 is 22.9 Å². The molecule has 1 aliphatic heterocycles. The minimum atomic E-state index is -0.633. The van der Waals surface area contributed by atoms with Crippen LogP contribution in [0.15, 0.2) is 53.9 Å². The van der Waals surface area contributed by atoms with E-state index < -0.39 is 24.3 Å². The second kappa shape index (κ2) is 7.12. The number of thiophene rings is 1. The lowest BCUT2D eigenvalue weighted by Crippen LogP contribution is -2.52. The molecule has 4 aliphatic carbocycles. The molecule has 5 aliphatic rings. The van der Waals surface area contributed by atoms with Gasteiger partial charge < -0.3 is 0 Å². The predicted octanol–water partition coefficient (Wildman–Crippen LogP) is 3.69. The zero-order chi connectivity index (χ0) is 22.1. The monoisotopic (exact) mass is 466 g/mol. The lowest BCUT2D eigenvalue weighted by molar-refractivity contribution is -0.154. The van der Waals surface area contributed by atoms with E-state index in [1.54, 1.807) is 35.7 Å². The van der Waals surface area contributed by atoms with E-state index in [0.29, 0.717) is 16.7 Å². The summed E-state index contributed by atoms with van der Waals surface area (Å²) in [5.41, 5.74) is 0.146. The smallest absolute Gasteiger partial charge is 0.274 e. The number of carbonyl (C=O) groups is 4. The van der Waals surface area contributed by atoms with Gasteiger partial charge in [-0.25, -0.2) is 5.01 Å². The van der Waals surface area contributed by atoms with Crippen LogP contribution in [0.1, 0.15) is 26.5 Å². The van der Waals surface area contributed by atoms with Gasteiger partial charge in [0.1, 0.15) is 6.54 Å². The van der Waals surface area contributed by atoms with Crippen molar-refractivity contribution >= 4 is 46.4 Å². The fourth-order valence-electron chi connectivity index (χ4n) is 5.84. The molecule has 2 heterocycles. The fraction of sp³-hybridized carbons (Fsp3) is 0.333. The van der Waals surface area contributed by atoms with Gasteiger partial charge in [0.05, 0.1) is 27.3 Å². The molecule has 162 valence electrons. The largest absolute Gasteiger partial charge is 0.291 e. The average Bonchev–Trinajstić information content (AvgIpc) is 3.36. The Balaban J connectivity index is 1.39. The summed E-state index contributed by atoms with van der Waals surface area (Å²) in [6.07, 6.45) is 5.20. The lowest BCUT2D eigenvalue weighted by atomic mass is 9.63. The van der Waals surface area contributed by atoms with Crippen LogP contribution in [0, 0.1) is 35.5 Å². The summed E-state index contributed by atoms with van der Waals surface area (Å²) in [6.45, 7) is -0.406. The number of hydrazine groups is 1. The van der Waals surface area contributed by atoms with Gasteiger partial charge in [-0.3, -0.25) is 19.2 Å². The van der Waals surface area contributed by atoms with Crippen molar-refractivity contribution in [1.29, 1.82) is 0 Å². The quantitative estimate of drug-likeness (QED) is 0.382. The molecule has 6 nitrogen and oxygen atoms in total. The highest BCUT2D eigenvalue weighted by molar-refractivity contribution is 7.12. The van der Waals surface area contributed by atoms with Crippen LogP contribution in [0.4, 0.5) is 0 Å². The van der Waals surface area contributed by atoms with E-state index in [9.17, 15) is 19.2 Å². The molecule has 3 amide bonds. The van der Waals surface area contributed by atoms with Gasteiger partial charge in [0, 0.05) is 0 Å². The molecular weight excluding hydrogens is 448 g/mol. The molecule has 6 atom stereocenters. The number of amides is 3. The van der Waals surface area contributed by atoms with Gasteiger partial charge in [-0.1, -0.05) is 42.0 Å². The first-order chi connectivity index (χ1) is 15.5. The van der Waals surface area contributed by atoms with Gasteiger partial charge in [-0.05, 0) is 53.7 Å². The number of allylic oxidation sites excluding steroid dienone is 2. The summed E-state index contributed by atoms with van der Waals surface area (Å²) < 4.78 is 0. The van der Waals surface area contributed by atoms with Gasteiger partial charge in [0.2, 0.25) is 0 Å². The second-order valence-electron chi connectivity index (χ2n) is 8.89. The van der Waals surface area contributed by atoms with Crippen LogP contribution in [-0.2, 0) is 9.59 Å². The summed E-state index contributed by atoms with van der Waals surface area (Å²) in [5.74, 6) is -1.70. The second-order valence-corrected chi connectivity index (χ2v) is 10.2. The molecule has 32 heavy (non-hydrogen) atoms. The zero-order valence-corrected chi connectivity index (χ0v) is 18.5. The van der Waals surface area contributed by atoms with Gasteiger partial charge in [-0.2, -0.15) is 5.01 Å². The maximum Gasteiger partial charge on any atom is 0.274 e. The predicted molar refractivity (Wildman–Crippen MR) is 118 cm³/mol. The Bertz CT molecular complexity index is 1160. The van der Waals surface area contributed by atoms with E-state index in [-0.39, 0.29) is 40.0 Å². The van der Waals surface area contributed by atoms with Gasteiger partial charge >= 0.3 is 0 Å². The Kier molecular flexibility index (Phi) is 4.42. The van der Waals surface area contributed by atoms with Gasteiger partial charge in [-0.15, -0.1) is 11.3 Å². The van der Waals surface area contributed by atoms with Crippen molar-refractivity contribution in [2.75, 3.05) is 6.54 Å². The number of imide groups is 1. The molecule has 1 saturated heterocycles. The van der Waals surface area contributed by atoms with E-state index in [2.05, 4.69) is 12.2 Å². The van der Waals surface area contributed by atoms with Crippen LogP contribution in [0.3, 0.4) is 0 Å². The fourth-order valence-corrected chi connectivity index (χ4v) is 6.71. The third-order valence-electron chi connectivity index (χ3n) is 7.31. The Morgan fingerprint density at radius 2 is 1.66 bits per heavy atom. The minimum Gasteiger partial charge on any atom is -0.291 e. The van der Waals surface area contributed by atoms with Crippen LogP contribution in [0.2, 0.25) is 5.02 Å². The third kappa shape index (κ3) is 2.77. The molecule has 7 rings (SSSR count). The molecule has 0 unspecified atom stereocenters. The molecular formula is C24H19ClN2O4S. The van der Waals surface area contributed by atoms with Gasteiger partial charge in [0.15, 0.2) is 5.78 Å². The Morgan fingerprint density at radius 3 is 2.25 bits per heavy atom. The molecule has 1 aromatic heterocycles. The summed E-state index contributed by atoms with van der Waals surface area (Å²) >= 11 is 7.51. The normalized spacial score (nSPS) is 31.5. The highest BCUT2D eigenvalue weighted by Gasteiger charge is 2.68. The Labute approximate surface area is 193 Å². The summed E-state index contributed by atoms with van der Waals surface area (Å²) in [6, 6.07) is 9.86. The first kappa shape index (κ1) is 19.9. The van der Waals surface area contributed by atoms with Crippen molar-refractivity contribution in [1.82, 2.24) is 10.0 Å². The van der Waals surface area contributed by atoms with Crippen molar-refractivity contribution < 1.29 is 19.2 Å². The first-order valence-corrected chi connectivity index (χ1v) is 11.9. The molecule has 0 radical (unpaired) electrons. The zero-order valence-electron chi connectivity index (χ0n) is 16.9. The topological polar surface area (TPSA) is 74.8 Å². The van der Waals surface area contributed by atoms with Crippen LogP contribution < -0.4 is 0 Å². The molecule has 2 aromatic rings. The molecule has 0 N–H and O–H groups in total. The van der Waals surface area contributed by atoms with E-state index >= 15 is 0 Å². The number of Topliss-reactive ketones (excluding diaryl/α,β-unsaturated/α-hetero) is 1. The van der Waals surface area contributed by atoms with E-state index in [4.69, 9.17) is 11.6 Å². The SMILES string of the molecule is O=C(CN(C(=O)c1ccccc1Cl)N1C(=O)[C@@H]2[C@H]3C=C[C@@H]([C@@H]4C[C@H]34)[C@@H]2C1=O)c1cccs1. The Hall–Kier alpha value is -2.77. The number of rotatable bonds is 5. The molecule has 0 spiro atoms. The number of benzene rings is 1. The van der Waals surface area contributed by atoms with Gasteiger partial charge in [0.25, 0.3) is 17.7 Å². The van der Waals surface area contributed by atoms with Crippen molar-refractivity contribution in [3.63, 3.8) is 0 Å². The molecule has 1 aromatic carbocycles.